The summed E-state index contributed by atoms with van der Waals surface area (Å²) in [6.45, 7) is 4.88. The summed E-state index contributed by atoms with van der Waals surface area (Å²) in [7, 11) is 0. The first-order valence-electron chi connectivity index (χ1n) is 7.04. The van der Waals surface area contributed by atoms with Crippen molar-refractivity contribution >= 4 is 21.6 Å². The molecule has 0 saturated heterocycles. The zero-order chi connectivity index (χ0) is 15.2. The number of benzene rings is 2. The van der Waals surface area contributed by atoms with Gasteiger partial charge in [-0.3, -0.25) is 0 Å². The van der Waals surface area contributed by atoms with Gasteiger partial charge in [0.25, 0.3) is 0 Å². The fourth-order valence-electron chi connectivity index (χ4n) is 2.00. The fraction of sp³-hybridized carbons (Fsp3) is 0.294. The maximum absolute atomic E-state index is 13.1. The van der Waals surface area contributed by atoms with Crippen molar-refractivity contribution in [2.75, 3.05) is 11.9 Å². The SMILES string of the molecule is CCCOc1ccc(C(C)Nc2ccc(F)cc2Br)cc1. The molecule has 0 aliphatic rings. The molecule has 2 nitrogen and oxygen atoms in total. The fourth-order valence-corrected chi connectivity index (χ4v) is 2.46. The minimum atomic E-state index is -0.252. The van der Waals surface area contributed by atoms with E-state index in [9.17, 15) is 4.39 Å². The van der Waals surface area contributed by atoms with Crippen LogP contribution in [0.1, 0.15) is 31.9 Å². The van der Waals surface area contributed by atoms with E-state index in [0.29, 0.717) is 0 Å². The number of hydrogen-bond donors (Lipinski definition) is 1. The normalized spacial score (nSPS) is 12.0. The first-order valence-corrected chi connectivity index (χ1v) is 7.83. The Morgan fingerprint density at radius 3 is 2.52 bits per heavy atom. The van der Waals surface area contributed by atoms with Gasteiger partial charge in [-0.1, -0.05) is 19.1 Å². The number of halogens is 2. The second-order valence-electron chi connectivity index (χ2n) is 4.91. The molecule has 0 fully saturated rings. The van der Waals surface area contributed by atoms with Gasteiger partial charge >= 0.3 is 0 Å². The molecule has 0 aliphatic carbocycles. The van der Waals surface area contributed by atoms with Crippen LogP contribution in [-0.2, 0) is 0 Å². The second-order valence-corrected chi connectivity index (χ2v) is 5.76. The van der Waals surface area contributed by atoms with Gasteiger partial charge in [-0.05, 0) is 65.2 Å². The van der Waals surface area contributed by atoms with E-state index in [4.69, 9.17) is 4.74 Å². The number of hydrogen-bond acceptors (Lipinski definition) is 2. The summed E-state index contributed by atoms with van der Waals surface area (Å²) in [6, 6.07) is 12.8. The quantitative estimate of drug-likeness (QED) is 0.736. The molecule has 0 radical (unpaired) electrons. The molecule has 112 valence electrons. The Kier molecular flexibility index (Phi) is 5.62. The zero-order valence-electron chi connectivity index (χ0n) is 12.2. The van der Waals surface area contributed by atoms with Crippen LogP contribution in [0.3, 0.4) is 0 Å². The second kappa shape index (κ2) is 7.46. The molecule has 21 heavy (non-hydrogen) atoms. The predicted molar refractivity (Wildman–Crippen MR) is 88.4 cm³/mol. The third kappa shape index (κ3) is 4.46. The standard InChI is InChI=1S/C17H19BrFNO/c1-3-10-21-15-7-4-13(5-8-15)12(2)20-17-9-6-14(19)11-16(17)18/h4-9,11-12,20H,3,10H2,1-2H3. The number of nitrogens with one attached hydrogen (secondary N) is 1. The van der Waals surface area contributed by atoms with E-state index in [0.717, 1.165) is 34.5 Å². The maximum Gasteiger partial charge on any atom is 0.124 e. The van der Waals surface area contributed by atoms with Crippen LogP contribution in [0.5, 0.6) is 5.75 Å². The summed E-state index contributed by atoms with van der Waals surface area (Å²) in [5.41, 5.74) is 2.02. The largest absolute Gasteiger partial charge is 0.494 e. The molecule has 0 spiro atoms. The van der Waals surface area contributed by atoms with E-state index in [2.05, 4.69) is 35.1 Å². The highest BCUT2D eigenvalue weighted by Crippen LogP contribution is 2.27. The lowest BCUT2D eigenvalue weighted by atomic mass is 10.1. The van der Waals surface area contributed by atoms with Crippen LogP contribution < -0.4 is 10.1 Å². The highest BCUT2D eigenvalue weighted by atomic mass is 79.9. The first kappa shape index (κ1) is 15.8. The Bertz CT molecular complexity index is 586. The van der Waals surface area contributed by atoms with Crippen LogP contribution in [0, 0.1) is 5.82 Å². The van der Waals surface area contributed by atoms with Crippen LogP contribution in [0.4, 0.5) is 10.1 Å². The van der Waals surface area contributed by atoms with Crippen molar-refractivity contribution in [2.24, 2.45) is 0 Å². The molecule has 0 aliphatic heterocycles. The molecule has 0 aromatic heterocycles. The van der Waals surface area contributed by atoms with Gasteiger partial charge in [0.15, 0.2) is 0 Å². The lowest BCUT2D eigenvalue weighted by molar-refractivity contribution is 0.317. The minimum Gasteiger partial charge on any atom is -0.494 e. The lowest BCUT2D eigenvalue weighted by Gasteiger charge is -2.17. The predicted octanol–water partition coefficient (Wildman–Crippen LogP) is 5.55. The number of ether oxygens (including phenoxy) is 1. The minimum absolute atomic E-state index is 0.118. The Hall–Kier alpha value is -1.55. The number of rotatable bonds is 6. The summed E-state index contributed by atoms with van der Waals surface area (Å²) in [5, 5.41) is 3.36. The van der Waals surface area contributed by atoms with E-state index in [1.165, 1.54) is 12.1 Å². The number of anilines is 1. The molecule has 0 bridgehead atoms. The van der Waals surface area contributed by atoms with Crippen LogP contribution in [0.2, 0.25) is 0 Å². The van der Waals surface area contributed by atoms with E-state index in [1.54, 1.807) is 6.07 Å². The van der Waals surface area contributed by atoms with Crippen LogP contribution in [0.15, 0.2) is 46.9 Å². The summed E-state index contributed by atoms with van der Waals surface area (Å²) in [6.07, 6.45) is 0.998. The molecule has 4 heteroatoms. The Morgan fingerprint density at radius 1 is 1.19 bits per heavy atom. The molecule has 0 amide bonds. The van der Waals surface area contributed by atoms with Crippen molar-refractivity contribution in [1.82, 2.24) is 0 Å². The van der Waals surface area contributed by atoms with Crippen molar-refractivity contribution < 1.29 is 9.13 Å². The molecule has 1 unspecified atom stereocenters. The van der Waals surface area contributed by atoms with Crippen molar-refractivity contribution in [2.45, 2.75) is 26.3 Å². The molecule has 2 aromatic carbocycles. The topological polar surface area (TPSA) is 21.3 Å². The van der Waals surface area contributed by atoms with Crippen LogP contribution in [0.25, 0.3) is 0 Å². The molecule has 2 aromatic rings. The van der Waals surface area contributed by atoms with Crippen LogP contribution >= 0.6 is 15.9 Å². The molecular weight excluding hydrogens is 333 g/mol. The molecular formula is C17H19BrFNO. The van der Waals surface area contributed by atoms with Crippen molar-refractivity contribution in [3.05, 3.63) is 58.3 Å². The van der Waals surface area contributed by atoms with Gasteiger partial charge < -0.3 is 10.1 Å². The van der Waals surface area contributed by atoms with Gasteiger partial charge in [0.1, 0.15) is 11.6 Å². The average molecular weight is 352 g/mol. The average Bonchev–Trinajstić information content (AvgIpc) is 2.48. The zero-order valence-corrected chi connectivity index (χ0v) is 13.8. The molecule has 0 saturated carbocycles. The first-order chi connectivity index (χ1) is 10.1. The van der Waals surface area contributed by atoms with Gasteiger partial charge in [0.2, 0.25) is 0 Å². The van der Waals surface area contributed by atoms with E-state index in [1.807, 2.05) is 24.3 Å². The van der Waals surface area contributed by atoms with Gasteiger partial charge in [-0.2, -0.15) is 0 Å². The van der Waals surface area contributed by atoms with Gasteiger partial charge in [0.05, 0.1) is 6.61 Å². The lowest BCUT2D eigenvalue weighted by Crippen LogP contribution is -2.07. The maximum atomic E-state index is 13.1. The monoisotopic (exact) mass is 351 g/mol. The molecule has 1 atom stereocenters. The van der Waals surface area contributed by atoms with Crippen molar-refractivity contribution in [1.29, 1.82) is 0 Å². The molecule has 1 N–H and O–H groups in total. The summed E-state index contributed by atoms with van der Waals surface area (Å²) in [5.74, 6) is 0.633. The summed E-state index contributed by atoms with van der Waals surface area (Å²) < 4.78 is 19.4. The third-order valence-corrected chi connectivity index (χ3v) is 3.81. The van der Waals surface area contributed by atoms with E-state index < -0.39 is 0 Å². The van der Waals surface area contributed by atoms with E-state index >= 15 is 0 Å². The van der Waals surface area contributed by atoms with Gasteiger partial charge in [0, 0.05) is 16.2 Å². The van der Waals surface area contributed by atoms with E-state index in [-0.39, 0.29) is 11.9 Å². The molecule has 2 rings (SSSR count). The van der Waals surface area contributed by atoms with Crippen molar-refractivity contribution in [3.8, 4) is 5.75 Å². The summed E-state index contributed by atoms with van der Waals surface area (Å²) in [4.78, 5) is 0. The van der Waals surface area contributed by atoms with Gasteiger partial charge in [-0.25, -0.2) is 4.39 Å². The Balaban J connectivity index is 2.04. The Labute approximate surface area is 133 Å². The smallest absolute Gasteiger partial charge is 0.124 e. The van der Waals surface area contributed by atoms with Gasteiger partial charge in [-0.15, -0.1) is 0 Å². The highest BCUT2D eigenvalue weighted by Gasteiger charge is 2.08. The highest BCUT2D eigenvalue weighted by molar-refractivity contribution is 9.10. The van der Waals surface area contributed by atoms with Crippen LogP contribution in [-0.4, -0.2) is 6.61 Å². The third-order valence-electron chi connectivity index (χ3n) is 3.16. The summed E-state index contributed by atoms with van der Waals surface area (Å²) >= 11 is 3.37. The van der Waals surface area contributed by atoms with Crippen molar-refractivity contribution in [3.63, 3.8) is 0 Å². The molecule has 0 heterocycles. The Morgan fingerprint density at radius 2 is 1.90 bits per heavy atom.